The van der Waals surface area contributed by atoms with E-state index in [9.17, 15) is 0 Å². The number of hydrogen-bond acceptors (Lipinski definition) is 2. The Hall–Kier alpha value is -7.98. The Morgan fingerprint density at radius 1 is 0.394 bits per heavy atom. The van der Waals surface area contributed by atoms with Crippen molar-refractivity contribution in [2.75, 3.05) is 16.8 Å². The second kappa shape index (κ2) is 14.1. The molecule has 5 heteroatoms. The van der Waals surface area contributed by atoms with Crippen LogP contribution in [0.4, 0.5) is 51.2 Å². The van der Waals surface area contributed by atoms with Crippen LogP contribution < -0.4 is 14.3 Å². The molecule has 2 unspecified atom stereocenters. The summed E-state index contributed by atoms with van der Waals surface area (Å²) in [4.78, 5) is 9.26. The second-order valence-corrected chi connectivity index (χ2v) is 24.4. The third kappa shape index (κ3) is 4.83. The number of para-hydroxylation sites is 3. The molecule has 3 heterocycles. The summed E-state index contributed by atoms with van der Waals surface area (Å²) in [5.74, 6) is 0. The van der Waals surface area contributed by atoms with Crippen molar-refractivity contribution >= 4 is 80.0 Å². The molecule has 0 radical (unpaired) electrons. The van der Waals surface area contributed by atoms with E-state index in [4.69, 9.17) is 0 Å². The van der Waals surface area contributed by atoms with E-state index in [0.29, 0.717) is 4.48 Å². The van der Waals surface area contributed by atoms with Gasteiger partial charge in [-0.05, 0) is 133 Å². The van der Waals surface area contributed by atoms with E-state index in [1.165, 1.54) is 121 Å². The average Bonchev–Trinajstić information content (AvgIpc) is 3.91. The number of nitrogens with zero attached hydrogens (tertiary/aromatic N) is 3. The highest BCUT2D eigenvalue weighted by atomic mass is 32.8. The highest BCUT2D eigenvalue weighted by Crippen LogP contribution is 2.90. The molecule has 334 valence electrons. The zero-order valence-electron chi connectivity index (χ0n) is 38.9. The van der Waals surface area contributed by atoms with Gasteiger partial charge in [0.2, 0.25) is 0 Å². The molecule has 5 aliphatic rings. The fourth-order valence-electron chi connectivity index (χ4n) is 13.7. The number of fused-ring (bicyclic) bond motifs is 12. The molecule has 0 aromatic heterocycles. The van der Waals surface area contributed by atoms with Crippen LogP contribution in [0.1, 0.15) is 22.3 Å². The lowest BCUT2D eigenvalue weighted by Crippen LogP contribution is -2.40. The van der Waals surface area contributed by atoms with Crippen LogP contribution in [0.25, 0.3) is 44.2 Å². The van der Waals surface area contributed by atoms with Gasteiger partial charge >= 0.3 is 0 Å². The largest absolute Gasteiger partial charge is 0.308 e. The lowest BCUT2D eigenvalue weighted by molar-refractivity contribution is 0.599. The Morgan fingerprint density at radius 3 is 1.52 bits per heavy atom. The molecule has 11 aromatic carbocycles. The third-order valence-corrected chi connectivity index (χ3v) is 21.8. The lowest BCUT2D eigenvalue weighted by Gasteiger charge is -2.57. The molecule has 11 aromatic rings. The maximum Gasteiger partial charge on any atom is 0.158 e. The molecule has 1 spiro atoms. The van der Waals surface area contributed by atoms with Crippen molar-refractivity contribution < 1.29 is 0 Å². The van der Waals surface area contributed by atoms with Crippen molar-refractivity contribution in [1.82, 2.24) is 4.48 Å². The predicted octanol–water partition coefficient (Wildman–Crippen LogP) is 18.4. The van der Waals surface area contributed by atoms with Crippen LogP contribution in [0.3, 0.4) is 0 Å². The first-order valence-corrected chi connectivity index (χ1v) is 27.7. The van der Waals surface area contributed by atoms with Crippen molar-refractivity contribution in [3.63, 3.8) is 0 Å². The van der Waals surface area contributed by atoms with E-state index in [1.807, 2.05) is 0 Å². The molecule has 0 saturated heterocycles. The standard InChI is InChI=1S/C66H45N3PS/c1-69(47-23-9-4-10-24-47)60-34-18-33-58-64(60)71(70)63-56(67(58)45-19-5-2-6-20-45)31-17-32-57(63)68(46-21-7-3-8-22-46)59-40-44(41-61(69)65(59)71)42-35-37-48-43(39-42)36-38-52-51-27-13-16-30-55(51)66(62(48)52)53-28-14-11-25-49(53)50-26-12-15-29-54(50)66/h2-41H,70H2,1H3/q+1/t69-/m1/s1. The summed E-state index contributed by atoms with van der Waals surface area (Å²) in [6, 6.07) is 91.8. The van der Waals surface area contributed by atoms with Gasteiger partial charge in [0.15, 0.2) is 11.4 Å². The van der Waals surface area contributed by atoms with E-state index in [2.05, 4.69) is 268 Å². The van der Waals surface area contributed by atoms with Gasteiger partial charge in [-0.2, -0.15) is 0 Å². The Balaban J connectivity index is 0.991. The number of quaternary nitrogens is 1. The van der Waals surface area contributed by atoms with Crippen molar-refractivity contribution in [3.05, 3.63) is 265 Å². The summed E-state index contributed by atoms with van der Waals surface area (Å²) in [7, 11) is 4.09. The molecular weight excluding hydrogens is 898 g/mol. The maximum absolute atomic E-state index is 3.59. The van der Waals surface area contributed by atoms with Crippen LogP contribution in [-0.2, 0) is 5.41 Å². The van der Waals surface area contributed by atoms with Gasteiger partial charge in [0, 0.05) is 23.5 Å². The molecule has 16 rings (SSSR count). The van der Waals surface area contributed by atoms with Gasteiger partial charge in [-0.15, -0.1) is 9.65 Å². The number of anilines is 6. The van der Waals surface area contributed by atoms with Crippen LogP contribution in [0.15, 0.2) is 257 Å². The van der Waals surface area contributed by atoms with Crippen LogP contribution in [0.5, 0.6) is 0 Å². The monoisotopic (exact) mass is 942 g/mol. The van der Waals surface area contributed by atoms with Gasteiger partial charge in [0.05, 0.1) is 49.9 Å². The zero-order valence-corrected chi connectivity index (χ0v) is 40.9. The predicted molar refractivity (Wildman–Crippen MR) is 301 cm³/mol. The molecule has 0 fully saturated rings. The normalized spacial score (nSPS) is 19.4. The summed E-state index contributed by atoms with van der Waals surface area (Å²) < 4.78 is 0.521. The van der Waals surface area contributed by atoms with Crippen molar-refractivity contribution in [1.29, 1.82) is 0 Å². The van der Waals surface area contributed by atoms with Gasteiger partial charge in [0.1, 0.15) is 5.69 Å². The van der Waals surface area contributed by atoms with Gasteiger partial charge in [-0.25, -0.2) is 4.48 Å². The van der Waals surface area contributed by atoms with Crippen LogP contribution >= 0.6 is 18.1 Å². The van der Waals surface area contributed by atoms with Crippen molar-refractivity contribution in [2.24, 2.45) is 0 Å². The fraction of sp³-hybridized carbons (Fsp3) is 0.0303. The van der Waals surface area contributed by atoms with E-state index < -0.39 is 15.1 Å². The third-order valence-electron chi connectivity index (χ3n) is 16.5. The molecule has 3 nitrogen and oxygen atoms in total. The van der Waals surface area contributed by atoms with Crippen molar-refractivity contribution in [3.8, 4) is 33.4 Å². The topological polar surface area (TPSA) is 6.48 Å². The highest BCUT2D eigenvalue weighted by Gasteiger charge is 2.58. The van der Waals surface area contributed by atoms with E-state index in [0.717, 1.165) is 11.4 Å². The number of rotatable bonds is 4. The summed E-state index contributed by atoms with van der Waals surface area (Å²) in [6.07, 6.45) is 0. The Bertz CT molecular complexity index is 4050. The summed E-state index contributed by atoms with van der Waals surface area (Å²) in [5.41, 5.74) is 23.8. The Kier molecular flexibility index (Phi) is 7.90. The quantitative estimate of drug-likeness (QED) is 0.128. The van der Waals surface area contributed by atoms with Crippen LogP contribution in [0, 0.1) is 0 Å². The van der Waals surface area contributed by atoms with Crippen molar-refractivity contribution in [2.45, 2.75) is 20.1 Å². The molecule has 2 aliphatic carbocycles. The second-order valence-electron chi connectivity index (χ2n) is 19.7. The smallest absolute Gasteiger partial charge is 0.158 e. The number of hydrogen-bond donors (Lipinski definition) is 0. The first-order valence-electron chi connectivity index (χ1n) is 24.6. The van der Waals surface area contributed by atoms with Gasteiger partial charge in [0.25, 0.3) is 0 Å². The molecule has 0 amide bonds. The highest BCUT2D eigenvalue weighted by molar-refractivity contribution is 8.69. The SMILES string of the molecule is C[N@@+]1(c2ccccc2)c2cccc3c2S2(P)c4c(cccc4N(c4ccccc4)c4cc(-c5ccc6c7c(ccc6c5)-c5ccccc5C75c6ccccc6-c6ccccc65)cc1c42)N3c1ccccc1. The molecule has 71 heavy (non-hydrogen) atoms. The summed E-state index contributed by atoms with van der Waals surface area (Å²) in [5, 5.41) is 2.54. The van der Waals surface area contributed by atoms with Crippen LogP contribution in [-0.4, -0.2) is 7.05 Å². The van der Waals surface area contributed by atoms with Crippen LogP contribution in [0.2, 0.25) is 0 Å². The fourth-order valence-corrected chi connectivity index (χ4v) is 19.6. The minimum absolute atomic E-state index is 0.425. The minimum atomic E-state index is -1.93. The van der Waals surface area contributed by atoms with Gasteiger partial charge in [-0.3, -0.25) is 0 Å². The maximum atomic E-state index is 3.59. The Labute approximate surface area is 417 Å². The van der Waals surface area contributed by atoms with E-state index in [1.54, 1.807) is 0 Å². The van der Waals surface area contributed by atoms with E-state index in [-0.39, 0.29) is 0 Å². The molecule has 3 aliphatic heterocycles. The molecular formula is C66H45N3PS+. The lowest BCUT2D eigenvalue weighted by atomic mass is 9.69. The molecule has 0 N–H and O–H groups in total. The minimum Gasteiger partial charge on any atom is -0.308 e. The zero-order chi connectivity index (χ0) is 46.8. The molecule has 0 saturated carbocycles. The van der Waals surface area contributed by atoms with E-state index >= 15 is 0 Å². The van der Waals surface area contributed by atoms with Gasteiger partial charge in [-0.1, -0.05) is 172 Å². The van der Waals surface area contributed by atoms with Gasteiger partial charge < -0.3 is 9.80 Å². The first kappa shape index (κ1) is 39.8. The first-order chi connectivity index (χ1) is 35.0. The summed E-state index contributed by atoms with van der Waals surface area (Å²) >= 11 is 0. The Morgan fingerprint density at radius 2 is 0.901 bits per heavy atom. The average molecular weight is 943 g/mol. The summed E-state index contributed by atoms with van der Waals surface area (Å²) in [6.45, 7) is 0. The number of benzene rings is 11. The molecule has 3 atom stereocenters. The molecule has 0 bridgehead atoms.